The molecule has 0 spiro atoms. The van der Waals surface area contributed by atoms with Crippen LogP contribution in [0.3, 0.4) is 0 Å². The first kappa shape index (κ1) is 59.9. The van der Waals surface area contributed by atoms with Gasteiger partial charge in [-0.3, -0.25) is 18.6 Å². The summed E-state index contributed by atoms with van der Waals surface area (Å²) in [7, 11) is -4.77. The van der Waals surface area contributed by atoms with Crippen LogP contribution in [-0.4, -0.2) is 64.9 Å². The van der Waals surface area contributed by atoms with Crippen molar-refractivity contribution in [2.24, 2.45) is 0 Å². The molecule has 0 saturated carbocycles. The normalized spacial score (nSPS) is 14.2. The Balaban J connectivity index is 3.90. The van der Waals surface area contributed by atoms with Crippen LogP contribution in [0.15, 0.2) is 72.9 Å². The zero-order valence-electron chi connectivity index (χ0n) is 39.4. The standard InChI is InChI=1S/C51H88NO10P/c1-3-5-7-9-11-13-15-17-19-21-23-24-25-27-29-31-33-35-37-39-41-43-50(55)60-44-47(53)45-61-63(58,59)62-46-48(51(56)57)52-49(54)42-40-38-36-34-32-30-28-26-22-20-18-16-14-12-10-8-6-4-2/h5,7,11,13,17,19-20,22-24,27,29,47-48,53H,3-4,6,8-10,12,14-16,18,21,25-26,28,30-46H2,1-2H3,(H,52,54)(H,56,57)(H,58,59)/b7-5-,13-11-,19-17-,22-20-,24-23-,29-27-. The molecule has 3 unspecified atom stereocenters. The average molecular weight is 906 g/mol. The van der Waals surface area contributed by atoms with Crippen molar-refractivity contribution >= 4 is 25.7 Å². The average Bonchev–Trinajstić information content (AvgIpc) is 3.26. The van der Waals surface area contributed by atoms with E-state index in [0.717, 1.165) is 96.3 Å². The molecule has 362 valence electrons. The molecule has 0 aromatic carbocycles. The third-order valence-electron chi connectivity index (χ3n) is 10.2. The zero-order chi connectivity index (χ0) is 46.3. The highest BCUT2D eigenvalue weighted by Gasteiger charge is 2.28. The number of aliphatic carboxylic acids is 1. The first-order chi connectivity index (χ1) is 30.6. The zero-order valence-corrected chi connectivity index (χ0v) is 40.3. The second-order valence-electron chi connectivity index (χ2n) is 16.3. The Labute approximate surface area is 382 Å². The van der Waals surface area contributed by atoms with Crippen LogP contribution < -0.4 is 5.32 Å². The van der Waals surface area contributed by atoms with Crippen molar-refractivity contribution in [2.45, 2.75) is 212 Å². The van der Waals surface area contributed by atoms with Gasteiger partial charge in [-0.25, -0.2) is 9.36 Å². The highest BCUT2D eigenvalue weighted by atomic mass is 31.2. The van der Waals surface area contributed by atoms with Gasteiger partial charge in [-0.2, -0.15) is 0 Å². The molecule has 0 saturated heterocycles. The van der Waals surface area contributed by atoms with E-state index in [4.69, 9.17) is 13.8 Å². The van der Waals surface area contributed by atoms with Crippen LogP contribution in [0.25, 0.3) is 0 Å². The second-order valence-corrected chi connectivity index (χ2v) is 17.7. The Hall–Kier alpha value is -3.08. The fraction of sp³-hybridized carbons (Fsp3) is 0.706. The van der Waals surface area contributed by atoms with E-state index in [2.05, 4.69) is 92.1 Å². The molecule has 1 amide bonds. The number of hydrogen-bond donors (Lipinski definition) is 4. The molecule has 0 aromatic rings. The van der Waals surface area contributed by atoms with Crippen LogP contribution in [0.4, 0.5) is 0 Å². The molecular formula is C51H88NO10P. The van der Waals surface area contributed by atoms with Gasteiger partial charge in [0, 0.05) is 12.8 Å². The lowest BCUT2D eigenvalue weighted by atomic mass is 10.1. The van der Waals surface area contributed by atoms with Gasteiger partial charge < -0.3 is 25.2 Å². The molecule has 0 bridgehead atoms. The summed E-state index contributed by atoms with van der Waals surface area (Å²) in [6.45, 7) is 2.46. The summed E-state index contributed by atoms with van der Waals surface area (Å²) in [5.74, 6) is -2.40. The van der Waals surface area contributed by atoms with E-state index in [0.29, 0.717) is 12.8 Å². The monoisotopic (exact) mass is 906 g/mol. The Bertz CT molecular complexity index is 1340. The number of phosphoric ester groups is 1. The van der Waals surface area contributed by atoms with Crippen LogP contribution in [-0.2, 0) is 32.7 Å². The quantitative estimate of drug-likeness (QED) is 0.0200. The van der Waals surface area contributed by atoms with E-state index < -0.39 is 57.6 Å². The van der Waals surface area contributed by atoms with E-state index in [1.807, 2.05) is 0 Å². The molecule has 0 aliphatic carbocycles. The van der Waals surface area contributed by atoms with E-state index in [9.17, 15) is 34.1 Å². The van der Waals surface area contributed by atoms with Crippen molar-refractivity contribution in [1.82, 2.24) is 5.32 Å². The first-order valence-corrected chi connectivity index (χ1v) is 26.0. The summed E-state index contributed by atoms with van der Waals surface area (Å²) in [6.07, 6.45) is 54.9. The van der Waals surface area contributed by atoms with Gasteiger partial charge in [-0.1, -0.05) is 177 Å². The maximum absolute atomic E-state index is 12.3. The lowest BCUT2D eigenvalue weighted by molar-refractivity contribution is -0.147. The summed E-state index contributed by atoms with van der Waals surface area (Å²) in [5.41, 5.74) is 0. The van der Waals surface area contributed by atoms with E-state index in [-0.39, 0.29) is 12.8 Å². The van der Waals surface area contributed by atoms with Gasteiger partial charge >= 0.3 is 19.8 Å². The molecular weight excluding hydrogens is 818 g/mol. The highest BCUT2D eigenvalue weighted by Crippen LogP contribution is 2.43. The molecule has 63 heavy (non-hydrogen) atoms. The lowest BCUT2D eigenvalue weighted by Gasteiger charge is -2.18. The SMILES string of the molecule is CC/C=C\C/C=C\C/C=C\C/C=C\C/C=C\CCCCCCCC(=O)OCC(O)COP(=O)(O)OCC(NC(=O)CCCCCCCCC/C=C\CCCCCCCCC)C(=O)O. The van der Waals surface area contributed by atoms with Gasteiger partial charge in [0.25, 0.3) is 0 Å². The summed E-state index contributed by atoms with van der Waals surface area (Å²) >= 11 is 0. The smallest absolute Gasteiger partial charge is 0.472 e. The molecule has 0 rings (SSSR count). The van der Waals surface area contributed by atoms with Gasteiger partial charge in [0.15, 0.2) is 6.04 Å². The maximum Gasteiger partial charge on any atom is 0.472 e. The second kappa shape index (κ2) is 45.5. The number of unbranched alkanes of at least 4 members (excludes halogenated alkanes) is 19. The molecule has 4 N–H and O–H groups in total. The number of nitrogens with one attached hydrogen (secondary N) is 1. The van der Waals surface area contributed by atoms with E-state index >= 15 is 0 Å². The Morgan fingerprint density at radius 1 is 0.524 bits per heavy atom. The number of phosphoric acid groups is 1. The van der Waals surface area contributed by atoms with E-state index in [1.165, 1.54) is 64.2 Å². The number of ether oxygens (including phenoxy) is 1. The van der Waals surface area contributed by atoms with Crippen molar-refractivity contribution in [3.05, 3.63) is 72.9 Å². The lowest BCUT2D eigenvalue weighted by Crippen LogP contribution is -2.43. The number of carbonyl (C=O) groups excluding carboxylic acids is 2. The summed E-state index contributed by atoms with van der Waals surface area (Å²) < 4.78 is 26.9. The van der Waals surface area contributed by atoms with Gasteiger partial charge in [0.05, 0.1) is 13.2 Å². The molecule has 0 aliphatic rings. The molecule has 0 aliphatic heterocycles. The van der Waals surface area contributed by atoms with E-state index in [1.54, 1.807) is 0 Å². The van der Waals surface area contributed by atoms with Crippen LogP contribution in [0, 0.1) is 0 Å². The minimum absolute atomic E-state index is 0.137. The minimum Gasteiger partial charge on any atom is -0.480 e. The third kappa shape index (κ3) is 45.3. The Morgan fingerprint density at radius 3 is 1.40 bits per heavy atom. The predicted molar refractivity (Wildman–Crippen MR) is 258 cm³/mol. The van der Waals surface area contributed by atoms with Gasteiger partial charge in [0.2, 0.25) is 5.91 Å². The topological polar surface area (TPSA) is 169 Å². The van der Waals surface area contributed by atoms with Crippen molar-refractivity contribution in [1.29, 1.82) is 0 Å². The number of rotatable bonds is 45. The fourth-order valence-corrected chi connectivity index (χ4v) is 7.23. The summed E-state index contributed by atoms with van der Waals surface area (Å²) in [6, 6.07) is -1.55. The third-order valence-corrected chi connectivity index (χ3v) is 11.2. The number of amides is 1. The minimum atomic E-state index is -4.77. The molecule has 0 heterocycles. The number of aliphatic hydroxyl groups excluding tert-OH is 1. The van der Waals surface area contributed by atoms with Gasteiger partial charge in [0.1, 0.15) is 12.7 Å². The number of esters is 1. The van der Waals surface area contributed by atoms with Crippen LogP contribution in [0.2, 0.25) is 0 Å². The van der Waals surface area contributed by atoms with Crippen molar-refractivity contribution in [3.8, 4) is 0 Å². The van der Waals surface area contributed by atoms with Crippen molar-refractivity contribution in [3.63, 3.8) is 0 Å². The molecule has 0 fully saturated rings. The summed E-state index contributed by atoms with van der Waals surface area (Å²) in [5, 5.41) is 21.9. The molecule has 12 heteroatoms. The number of allylic oxidation sites excluding steroid dienone is 12. The fourth-order valence-electron chi connectivity index (χ4n) is 6.45. The predicted octanol–water partition coefficient (Wildman–Crippen LogP) is 13.3. The van der Waals surface area contributed by atoms with Crippen LogP contribution >= 0.6 is 7.82 Å². The van der Waals surface area contributed by atoms with Crippen molar-refractivity contribution < 1.29 is 47.8 Å². The summed E-state index contributed by atoms with van der Waals surface area (Å²) in [4.78, 5) is 46.1. The number of aliphatic hydroxyl groups is 1. The van der Waals surface area contributed by atoms with Crippen LogP contribution in [0.1, 0.15) is 200 Å². The molecule has 0 aromatic heterocycles. The highest BCUT2D eigenvalue weighted by molar-refractivity contribution is 7.47. The maximum atomic E-state index is 12.3. The first-order valence-electron chi connectivity index (χ1n) is 24.5. The molecule has 11 nitrogen and oxygen atoms in total. The van der Waals surface area contributed by atoms with Gasteiger partial charge in [-0.05, 0) is 83.5 Å². The Morgan fingerprint density at radius 2 is 0.921 bits per heavy atom. The van der Waals surface area contributed by atoms with Crippen molar-refractivity contribution in [2.75, 3.05) is 19.8 Å². The molecule has 3 atom stereocenters. The number of hydrogen-bond acceptors (Lipinski definition) is 8. The van der Waals surface area contributed by atoms with Gasteiger partial charge in [-0.15, -0.1) is 0 Å². The number of carboxylic acid groups (broad SMARTS) is 1. The largest absolute Gasteiger partial charge is 0.480 e. The number of carboxylic acids is 1. The Kier molecular flexibility index (Phi) is 43.3. The van der Waals surface area contributed by atoms with Crippen LogP contribution in [0.5, 0.6) is 0 Å². The number of carbonyl (C=O) groups is 3. The molecule has 0 radical (unpaired) electrons.